The Morgan fingerprint density at radius 2 is 2.10 bits per heavy atom. The van der Waals surface area contributed by atoms with Gasteiger partial charge in [-0.3, -0.25) is 4.79 Å². The Morgan fingerprint density at radius 1 is 1.24 bits per heavy atom. The largest absolute Gasteiger partial charge is 0.497 e. The first-order chi connectivity index (χ1) is 10.2. The Hall–Kier alpha value is -1.97. The molecule has 1 aromatic carbocycles. The van der Waals surface area contributed by atoms with Gasteiger partial charge in [-0.1, -0.05) is 12.2 Å². The number of hydrogen-bond donors (Lipinski definition) is 0. The fourth-order valence-electron chi connectivity index (χ4n) is 2.45. The Bertz CT molecular complexity index is 508. The minimum absolute atomic E-state index is 0.197. The van der Waals surface area contributed by atoms with Crippen LogP contribution in [0.2, 0.25) is 0 Å². The molecule has 0 saturated carbocycles. The lowest BCUT2D eigenvalue weighted by Gasteiger charge is -2.17. The molecule has 1 aromatic rings. The van der Waals surface area contributed by atoms with Crippen molar-refractivity contribution in [1.29, 1.82) is 0 Å². The highest BCUT2D eigenvalue weighted by Gasteiger charge is 2.15. The lowest BCUT2D eigenvalue weighted by Crippen LogP contribution is -2.16. The molecule has 1 aliphatic carbocycles. The summed E-state index contributed by atoms with van der Waals surface area (Å²) in [6, 6.07) is 5.42. The van der Waals surface area contributed by atoms with Crippen molar-refractivity contribution in [2.24, 2.45) is 5.92 Å². The zero-order valence-corrected chi connectivity index (χ0v) is 12.6. The summed E-state index contributed by atoms with van der Waals surface area (Å²) in [5.41, 5.74) is 0.783. The highest BCUT2D eigenvalue weighted by Crippen LogP contribution is 2.25. The first-order valence-corrected chi connectivity index (χ1v) is 7.24. The van der Waals surface area contributed by atoms with Crippen molar-refractivity contribution < 1.29 is 19.0 Å². The number of benzene rings is 1. The number of methoxy groups -OCH3 is 2. The highest BCUT2D eigenvalue weighted by atomic mass is 16.5. The van der Waals surface area contributed by atoms with Crippen LogP contribution >= 0.6 is 0 Å². The van der Waals surface area contributed by atoms with Gasteiger partial charge in [0.1, 0.15) is 11.5 Å². The number of rotatable bonds is 6. The third-order valence-electron chi connectivity index (χ3n) is 3.68. The molecule has 0 spiro atoms. The van der Waals surface area contributed by atoms with Gasteiger partial charge in [-0.25, -0.2) is 0 Å². The Labute approximate surface area is 125 Å². The molecule has 0 N–H and O–H groups in total. The highest BCUT2D eigenvalue weighted by molar-refractivity contribution is 5.73. The molecule has 0 bridgehead atoms. The van der Waals surface area contributed by atoms with Crippen LogP contribution in [0.3, 0.4) is 0 Å². The van der Waals surface area contributed by atoms with E-state index in [0.717, 1.165) is 24.8 Å². The van der Waals surface area contributed by atoms with E-state index in [-0.39, 0.29) is 12.4 Å². The van der Waals surface area contributed by atoms with Crippen LogP contribution in [0.15, 0.2) is 30.4 Å². The van der Waals surface area contributed by atoms with Crippen molar-refractivity contribution in [3.8, 4) is 11.5 Å². The molecule has 4 nitrogen and oxygen atoms in total. The molecule has 0 radical (unpaired) electrons. The molecule has 0 heterocycles. The Kier molecular flexibility index (Phi) is 5.67. The van der Waals surface area contributed by atoms with Crippen LogP contribution in [-0.2, 0) is 16.0 Å². The molecule has 114 valence electrons. The van der Waals surface area contributed by atoms with Crippen molar-refractivity contribution in [3.63, 3.8) is 0 Å². The van der Waals surface area contributed by atoms with Crippen LogP contribution in [0.25, 0.3) is 0 Å². The lowest BCUT2D eigenvalue weighted by molar-refractivity contribution is -0.144. The fraction of sp³-hybridized carbons (Fsp3) is 0.471. The Balaban J connectivity index is 1.90. The second-order valence-corrected chi connectivity index (χ2v) is 5.19. The van der Waals surface area contributed by atoms with Gasteiger partial charge in [0.15, 0.2) is 0 Å². The lowest BCUT2D eigenvalue weighted by atomic mass is 9.95. The molecule has 0 amide bonds. The number of carbonyl (C=O) groups excluding carboxylic acids is 1. The van der Waals surface area contributed by atoms with Crippen molar-refractivity contribution in [3.05, 3.63) is 35.9 Å². The van der Waals surface area contributed by atoms with Crippen molar-refractivity contribution in [1.82, 2.24) is 0 Å². The Morgan fingerprint density at radius 3 is 2.76 bits per heavy atom. The summed E-state index contributed by atoms with van der Waals surface area (Å²) in [5.74, 6) is 1.60. The molecule has 0 aliphatic heterocycles. The minimum Gasteiger partial charge on any atom is -0.497 e. The number of esters is 1. The van der Waals surface area contributed by atoms with E-state index in [2.05, 4.69) is 12.2 Å². The van der Waals surface area contributed by atoms with Gasteiger partial charge in [0.2, 0.25) is 0 Å². The smallest absolute Gasteiger partial charge is 0.310 e. The van der Waals surface area contributed by atoms with Crippen molar-refractivity contribution >= 4 is 5.97 Å². The SMILES string of the molecule is COc1ccc(OC)c(CC(=O)OCC2CC=CCC2)c1. The predicted molar refractivity (Wildman–Crippen MR) is 80.7 cm³/mol. The van der Waals surface area contributed by atoms with Crippen LogP contribution in [0.4, 0.5) is 0 Å². The van der Waals surface area contributed by atoms with Crippen LogP contribution in [0.5, 0.6) is 11.5 Å². The number of hydrogen-bond acceptors (Lipinski definition) is 4. The maximum atomic E-state index is 12.0. The normalized spacial score (nSPS) is 17.3. The van der Waals surface area contributed by atoms with E-state index in [1.54, 1.807) is 20.3 Å². The summed E-state index contributed by atoms with van der Waals surface area (Å²) in [5, 5.41) is 0. The third-order valence-corrected chi connectivity index (χ3v) is 3.68. The molecule has 1 aliphatic rings. The number of allylic oxidation sites excluding steroid dienone is 2. The summed E-state index contributed by atoms with van der Waals surface area (Å²) in [6.45, 7) is 0.495. The minimum atomic E-state index is -0.226. The first-order valence-electron chi connectivity index (χ1n) is 7.24. The quantitative estimate of drug-likeness (QED) is 0.596. The van der Waals surface area contributed by atoms with Gasteiger partial charge in [0, 0.05) is 5.56 Å². The van der Waals surface area contributed by atoms with E-state index in [9.17, 15) is 4.79 Å². The van der Waals surface area contributed by atoms with Gasteiger partial charge in [-0.05, 0) is 43.4 Å². The second kappa shape index (κ2) is 7.72. The predicted octanol–water partition coefficient (Wildman–Crippen LogP) is 3.15. The topological polar surface area (TPSA) is 44.8 Å². The molecule has 1 atom stereocenters. The molecule has 4 heteroatoms. The van der Waals surface area contributed by atoms with Crippen molar-refractivity contribution in [2.45, 2.75) is 25.7 Å². The van der Waals surface area contributed by atoms with E-state index in [4.69, 9.17) is 14.2 Å². The molecule has 0 saturated heterocycles. The fourth-order valence-corrected chi connectivity index (χ4v) is 2.45. The second-order valence-electron chi connectivity index (χ2n) is 5.19. The molecular formula is C17H22O4. The summed E-state index contributed by atoms with van der Waals surface area (Å²) in [7, 11) is 3.19. The molecule has 0 fully saturated rings. The third kappa shape index (κ3) is 4.52. The van der Waals surface area contributed by atoms with E-state index in [1.165, 1.54) is 0 Å². The average molecular weight is 290 g/mol. The summed E-state index contributed by atoms with van der Waals surface area (Å²) >= 11 is 0. The number of carbonyl (C=O) groups is 1. The summed E-state index contributed by atoms with van der Waals surface area (Å²) in [4.78, 5) is 12.0. The van der Waals surface area contributed by atoms with E-state index in [1.807, 2.05) is 12.1 Å². The summed E-state index contributed by atoms with van der Waals surface area (Å²) in [6.07, 6.45) is 7.70. The molecule has 21 heavy (non-hydrogen) atoms. The first kappa shape index (κ1) is 15.4. The molecule has 1 unspecified atom stereocenters. The maximum absolute atomic E-state index is 12.0. The van der Waals surface area contributed by atoms with Gasteiger partial charge in [-0.15, -0.1) is 0 Å². The average Bonchev–Trinajstić information content (AvgIpc) is 2.54. The van der Waals surface area contributed by atoms with Gasteiger partial charge in [-0.2, -0.15) is 0 Å². The van der Waals surface area contributed by atoms with Gasteiger partial charge < -0.3 is 14.2 Å². The van der Waals surface area contributed by atoms with Gasteiger partial charge in [0.05, 0.1) is 27.2 Å². The maximum Gasteiger partial charge on any atom is 0.310 e. The monoisotopic (exact) mass is 290 g/mol. The van der Waals surface area contributed by atoms with Crippen LogP contribution < -0.4 is 9.47 Å². The van der Waals surface area contributed by atoms with Crippen molar-refractivity contribution in [2.75, 3.05) is 20.8 Å². The summed E-state index contributed by atoms with van der Waals surface area (Å²) < 4.78 is 15.8. The van der Waals surface area contributed by atoms with E-state index < -0.39 is 0 Å². The van der Waals surface area contributed by atoms with Gasteiger partial charge >= 0.3 is 5.97 Å². The van der Waals surface area contributed by atoms with Gasteiger partial charge in [0.25, 0.3) is 0 Å². The zero-order chi connectivity index (χ0) is 15.1. The molecular weight excluding hydrogens is 268 g/mol. The van der Waals surface area contributed by atoms with Crippen LogP contribution in [0, 0.1) is 5.92 Å². The zero-order valence-electron chi connectivity index (χ0n) is 12.6. The number of ether oxygens (including phenoxy) is 3. The van der Waals surface area contributed by atoms with E-state index >= 15 is 0 Å². The van der Waals surface area contributed by atoms with E-state index in [0.29, 0.717) is 24.0 Å². The molecule has 2 rings (SSSR count). The molecule has 0 aromatic heterocycles. The van der Waals surface area contributed by atoms with Crippen LogP contribution in [0.1, 0.15) is 24.8 Å². The standard InChI is InChI=1S/C17H22O4/c1-19-15-8-9-16(20-2)14(10-15)11-17(18)21-12-13-6-4-3-5-7-13/h3-4,8-10,13H,5-7,11-12H2,1-2H3. The van der Waals surface area contributed by atoms with Crippen LogP contribution in [-0.4, -0.2) is 26.8 Å².